The van der Waals surface area contributed by atoms with Gasteiger partial charge in [0.15, 0.2) is 0 Å². The van der Waals surface area contributed by atoms with Gasteiger partial charge in [-0.3, -0.25) is 10.2 Å². The minimum absolute atomic E-state index is 0.244. The summed E-state index contributed by atoms with van der Waals surface area (Å²) in [5.74, 6) is -0.244. The van der Waals surface area contributed by atoms with Crippen LogP contribution < -0.4 is 0 Å². The minimum atomic E-state index is -0.244. The highest BCUT2D eigenvalue weighted by Gasteiger charge is 1.96. The molecule has 3 nitrogen and oxygen atoms in total. The van der Waals surface area contributed by atoms with Crippen molar-refractivity contribution in [2.45, 2.75) is 110 Å². The van der Waals surface area contributed by atoms with E-state index in [0.29, 0.717) is 12.9 Å². The molecule has 0 aromatic carbocycles. The van der Waals surface area contributed by atoms with Crippen LogP contribution in [0.3, 0.4) is 0 Å². The van der Waals surface area contributed by atoms with Gasteiger partial charge in [-0.25, -0.2) is 0 Å². The third-order valence-corrected chi connectivity index (χ3v) is 4.36. The highest BCUT2D eigenvalue weighted by atomic mass is 16.5. The van der Waals surface area contributed by atoms with Gasteiger partial charge in [0, 0.05) is 0 Å². The Morgan fingerprint density at radius 1 is 0.696 bits per heavy atom. The van der Waals surface area contributed by atoms with E-state index in [1.54, 1.807) is 0 Å². The zero-order valence-electron chi connectivity index (χ0n) is 15.4. The summed E-state index contributed by atoms with van der Waals surface area (Å²) in [5, 5.41) is 7.04. The molecule has 23 heavy (non-hydrogen) atoms. The van der Waals surface area contributed by atoms with Gasteiger partial charge in [0.1, 0.15) is 0 Å². The zero-order chi connectivity index (χ0) is 17.0. The quantitative estimate of drug-likeness (QED) is 0.136. The molecule has 0 aliphatic heterocycles. The van der Waals surface area contributed by atoms with E-state index < -0.39 is 0 Å². The number of aldehydes is 1. The van der Waals surface area contributed by atoms with Crippen LogP contribution in [-0.2, 0) is 9.53 Å². The Labute approximate surface area is 144 Å². The first-order valence-corrected chi connectivity index (χ1v) is 9.97. The third-order valence-electron chi connectivity index (χ3n) is 4.36. The number of carbonyl (C=O) groups is 1. The molecule has 3 heteroatoms. The molecule has 0 unspecified atom stereocenters. The van der Waals surface area contributed by atoms with E-state index in [-0.39, 0.29) is 5.90 Å². The van der Waals surface area contributed by atoms with Gasteiger partial charge in [-0.2, -0.15) is 0 Å². The van der Waals surface area contributed by atoms with E-state index in [1.807, 2.05) is 0 Å². The third kappa shape index (κ3) is 19.1. The van der Waals surface area contributed by atoms with Crippen molar-refractivity contribution in [3.05, 3.63) is 0 Å². The Kier molecular flexibility index (Phi) is 18.5. The highest BCUT2D eigenvalue weighted by molar-refractivity contribution is 6.22. The molecular formula is C20H39NO2. The van der Waals surface area contributed by atoms with E-state index in [9.17, 15) is 4.79 Å². The van der Waals surface area contributed by atoms with Gasteiger partial charge < -0.3 is 4.74 Å². The first-order chi connectivity index (χ1) is 11.3. The van der Waals surface area contributed by atoms with Gasteiger partial charge in [-0.15, -0.1) is 0 Å². The number of ether oxygens (including phenoxy) is 1. The molecule has 0 aliphatic carbocycles. The van der Waals surface area contributed by atoms with Gasteiger partial charge in [0.05, 0.1) is 6.61 Å². The normalized spacial score (nSPS) is 10.7. The average Bonchev–Trinajstić information content (AvgIpc) is 2.57. The number of unbranched alkanes of at least 4 members (excludes halogenated alkanes) is 15. The molecule has 0 saturated heterocycles. The second kappa shape index (κ2) is 19.2. The van der Waals surface area contributed by atoms with E-state index in [2.05, 4.69) is 6.92 Å². The Morgan fingerprint density at radius 2 is 1.04 bits per heavy atom. The van der Waals surface area contributed by atoms with Crippen LogP contribution in [0.1, 0.15) is 110 Å². The molecule has 136 valence electrons. The van der Waals surface area contributed by atoms with Crippen molar-refractivity contribution in [2.24, 2.45) is 0 Å². The molecule has 0 spiro atoms. The van der Waals surface area contributed by atoms with E-state index in [4.69, 9.17) is 10.1 Å². The molecule has 0 bridgehead atoms. The fraction of sp³-hybridized carbons (Fsp3) is 0.900. The lowest BCUT2D eigenvalue weighted by molar-refractivity contribution is -0.104. The SMILES string of the molecule is CCCCCCCCCCCCCCCCCCOC(=N)C=O. The van der Waals surface area contributed by atoms with Crippen LogP contribution in [-0.4, -0.2) is 18.8 Å². The van der Waals surface area contributed by atoms with Crippen molar-refractivity contribution in [1.82, 2.24) is 0 Å². The van der Waals surface area contributed by atoms with Crippen LogP contribution in [0.2, 0.25) is 0 Å². The van der Waals surface area contributed by atoms with Crippen LogP contribution >= 0.6 is 0 Å². The number of hydrogen-bond acceptors (Lipinski definition) is 3. The van der Waals surface area contributed by atoms with Gasteiger partial charge in [-0.1, -0.05) is 103 Å². The van der Waals surface area contributed by atoms with Crippen LogP contribution in [0.5, 0.6) is 0 Å². The highest BCUT2D eigenvalue weighted by Crippen LogP contribution is 2.13. The number of nitrogens with one attached hydrogen (secondary N) is 1. The second-order valence-corrected chi connectivity index (χ2v) is 6.63. The smallest absolute Gasteiger partial charge is 0.247 e. The maximum atomic E-state index is 10.2. The topological polar surface area (TPSA) is 50.1 Å². The monoisotopic (exact) mass is 325 g/mol. The summed E-state index contributed by atoms with van der Waals surface area (Å²) in [6.07, 6.45) is 22.0. The number of carbonyl (C=O) groups excluding carboxylic acids is 1. The molecule has 0 aromatic rings. The molecule has 0 aliphatic rings. The second-order valence-electron chi connectivity index (χ2n) is 6.63. The average molecular weight is 326 g/mol. The van der Waals surface area contributed by atoms with Gasteiger partial charge in [0.25, 0.3) is 0 Å². The van der Waals surface area contributed by atoms with Crippen LogP contribution in [0.25, 0.3) is 0 Å². The summed E-state index contributed by atoms with van der Waals surface area (Å²) in [6.45, 7) is 2.78. The first kappa shape index (κ1) is 22.1. The van der Waals surface area contributed by atoms with Crippen molar-refractivity contribution in [2.75, 3.05) is 6.61 Å². The van der Waals surface area contributed by atoms with Crippen molar-refractivity contribution >= 4 is 12.2 Å². The Morgan fingerprint density at radius 3 is 1.39 bits per heavy atom. The predicted molar refractivity (Wildman–Crippen MR) is 99.3 cm³/mol. The molecule has 0 rings (SSSR count). The molecule has 1 N–H and O–H groups in total. The summed E-state index contributed by atoms with van der Waals surface area (Å²) >= 11 is 0. The maximum Gasteiger partial charge on any atom is 0.247 e. The fourth-order valence-corrected chi connectivity index (χ4v) is 2.87. The van der Waals surface area contributed by atoms with Crippen molar-refractivity contribution in [1.29, 1.82) is 5.41 Å². The van der Waals surface area contributed by atoms with Crippen LogP contribution in [0.15, 0.2) is 0 Å². The van der Waals surface area contributed by atoms with Crippen molar-refractivity contribution < 1.29 is 9.53 Å². The largest absolute Gasteiger partial charge is 0.476 e. The van der Waals surface area contributed by atoms with E-state index >= 15 is 0 Å². The molecule has 0 atom stereocenters. The lowest BCUT2D eigenvalue weighted by Gasteiger charge is -2.04. The van der Waals surface area contributed by atoms with Crippen LogP contribution in [0.4, 0.5) is 0 Å². The maximum absolute atomic E-state index is 10.2. The van der Waals surface area contributed by atoms with Gasteiger partial charge in [-0.05, 0) is 6.42 Å². The molecule has 0 amide bonds. The van der Waals surface area contributed by atoms with E-state index in [0.717, 1.165) is 12.8 Å². The molecule has 0 aromatic heterocycles. The van der Waals surface area contributed by atoms with Crippen molar-refractivity contribution in [3.63, 3.8) is 0 Å². The predicted octanol–water partition coefficient (Wildman–Crippen LogP) is 6.44. The lowest BCUT2D eigenvalue weighted by atomic mass is 10.0. The summed E-state index contributed by atoms with van der Waals surface area (Å²) in [4.78, 5) is 10.2. The summed E-state index contributed by atoms with van der Waals surface area (Å²) in [7, 11) is 0. The number of rotatable bonds is 18. The summed E-state index contributed by atoms with van der Waals surface area (Å²) in [5.41, 5.74) is 0. The summed E-state index contributed by atoms with van der Waals surface area (Å²) < 4.78 is 4.93. The molecule has 0 saturated carbocycles. The Hall–Kier alpha value is -0.860. The summed E-state index contributed by atoms with van der Waals surface area (Å²) in [6, 6.07) is 0. The molecular weight excluding hydrogens is 286 g/mol. The lowest BCUT2D eigenvalue weighted by Crippen LogP contribution is -2.05. The van der Waals surface area contributed by atoms with Crippen molar-refractivity contribution in [3.8, 4) is 0 Å². The van der Waals surface area contributed by atoms with Crippen LogP contribution in [0, 0.1) is 5.41 Å². The van der Waals surface area contributed by atoms with Gasteiger partial charge in [0.2, 0.25) is 12.2 Å². The Bertz CT molecular complexity index is 266. The van der Waals surface area contributed by atoms with E-state index in [1.165, 1.54) is 89.9 Å². The molecule has 0 radical (unpaired) electrons. The standard InChI is InChI=1S/C20H39NO2/c1-2-3-4-5-6-7-8-9-10-11-12-13-14-15-16-17-18-23-20(21)19-22/h19,21H,2-18H2,1H3. The minimum Gasteiger partial charge on any atom is -0.476 e. The number of hydrogen-bond donors (Lipinski definition) is 1. The fourth-order valence-electron chi connectivity index (χ4n) is 2.87. The zero-order valence-corrected chi connectivity index (χ0v) is 15.4. The Balaban J connectivity index is 3.00. The van der Waals surface area contributed by atoms with Gasteiger partial charge >= 0.3 is 0 Å². The first-order valence-electron chi connectivity index (χ1n) is 9.97. The molecule has 0 fully saturated rings. The molecule has 0 heterocycles.